The quantitative estimate of drug-likeness (QED) is 0.701. The molecule has 9 heteroatoms. The first-order chi connectivity index (χ1) is 12.7. The van der Waals surface area contributed by atoms with Crippen molar-refractivity contribution in [3.63, 3.8) is 0 Å². The number of nitrogens with one attached hydrogen (secondary N) is 2. The van der Waals surface area contributed by atoms with E-state index in [0.717, 1.165) is 12.1 Å². The third kappa shape index (κ3) is 7.18. The molecule has 2 aromatic carbocycles. The van der Waals surface area contributed by atoms with Gasteiger partial charge in [0.05, 0.1) is 17.0 Å². The third-order valence-corrected chi connectivity index (χ3v) is 3.70. The standard InChI is InChI=1S/C18H16ClF3N2O3/c19-15-4-2-1-3-14(15)17(26)24-10-9-23-16(25)11-12-5-7-13(8-6-12)27-18(20,21)22/h1-8H,9-11H2,(H,23,25)(H,24,26). The summed E-state index contributed by atoms with van der Waals surface area (Å²) in [5, 5.41) is 5.57. The Balaban J connectivity index is 1.72. The molecule has 0 spiro atoms. The van der Waals surface area contributed by atoms with Gasteiger partial charge in [-0.3, -0.25) is 9.59 Å². The molecule has 2 N–H and O–H groups in total. The van der Waals surface area contributed by atoms with Gasteiger partial charge < -0.3 is 15.4 Å². The number of alkyl halides is 3. The van der Waals surface area contributed by atoms with Crippen molar-refractivity contribution in [1.29, 1.82) is 0 Å². The normalized spacial score (nSPS) is 11.0. The molecule has 2 amide bonds. The average molecular weight is 401 g/mol. The Morgan fingerprint density at radius 1 is 0.963 bits per heavy atom. The van der Waals surface area contributed by atoms with Gasteiger partial charge in [0.1, 0.15) is 5.75 Å². The zero-order valence-corrected chi connectivity index (χ0v) is 14.7. The number of carbonyl (C=O) groups is 2. The molecule has 2 rings (SSSR count). The van der Waals surface area contributed by atoms with E-state index >= 15 is 0 Å². The second-order valence-electron chi connectivity index (χ2n) is 5.45. The Labute approximate surface area is 158 Å². The third-order valence-electron chi connectivity index (χ3n) is 3.37. The fourth-order valence-corrected chi connectivity index (χ4v) is 2.40. The molecule has 2 aromatic rings. The highest BCUT2D eigenvalue weighted by Gasteiger charge is 2.30. The minimum absolute atomic E-state index is 0.00917. The molecule has 0 aliphatic rings. The maximum Gasteiger partial charge on any atom is 0.573 e. The molecule has 144 valence electrons. The molecule has 0 saturated carbocycles. The van der Waals surface area contributed by atoms with Crippen molar-refractivity contribution >= 4 is 23.4 Å². The van der Waals surface area contributed by atoms with E-state index in [9.17, 15) is 22.8 Å². The topological polar surface area (TPSA) is 67.4 Å². The maximum absolute atomic E-state index is 12.1. The molecule has 0 fully saturated rings. The number of carbonyl (C=O) groups excluding carboxylic acids is 2. The van der Waals surface area contributed by atoms with Crippen LogP contribution in [0.3, 0.4) is 0 Å². The molecule has 0 aliphatic heterocycles. The Bertz CT molecular complexity index is 795. The smallest absolute Gasteiger partial charge is 0.406 e. The molecule has 0 saturated heterocycles. The van der Waals surface area contributed by atoms with Crippen molar-refractivity contribution in [1.82, 2.24) is 10.6 Å². The van der Waals surface area contributed by atoms with E-state index in [1.165, 1.54) is 12.1 Å². The summed E-state index contributed by atoms with van der Waals surface area (Å²) in [7, 11) is 0. The Morgan fingerprint density at radius 2 is 1.59 bits per heavy atom. The molecule has 0 heterocycles. The SMILES string of the molecule is O=C(Cc1ccc(OC(F)(F)F)cc1)NCCNC(=O)c1ccccc1Cl. The number of ether oxygens (including phenoxy) is 1. The zero-order chi connectivity index (χ0) is 19.9. The van der Waals surface area contributed by atoms with E-state index in [0.29, 0.717) is 16.1 Å². The lowest BCUT2D eigenvalue weighted by atomic mass is 10.1. The number of hydrogen-bond donors (Lipinski definition) is 2. The molecule has 0 atom stereocenters. The van der Waals surface area contributed by atoms with Crippen LogP contribution in [0, 0.1) is 0 Å². The second-order valence-corrected chi connectivity index (χ2v) is 5.86. The lowest BCUT2D eigenvalue weighted by Gasteiger charge is -2.10. The van der Waals surface area contributed by atoms with Gasteiger partial charge in [-0.15, -0.1) is 13.2 Å². The molecule has 0 aliphatic carbocycles. The Hall–Kier alpha value is -2.74. The van der Waals surface area contributed by atoms with Gasteiger partial charge >= 0.3 is 6.36 Å². The van der Waals surface area contributed by atoms with E-state index in [2.05, 4.69) is 15.4 Å². The molecule has 0 aromatic heterocycles. The molecular formula is C18H16ClF3N2O3. The molecule has 0 bridgehead atoms. The van der Waals surface area contributed by atoms with Crippen LogP contribution < -0.4 is 15.4 Å². The Kier molecular flexibility index (Phi) is 7.06. The monoisotopic (exact) mass is 400 g/mol. The maximum atomic E-state index is 12.1. The average Bonchev–Trinajstić information content (AvgIpc) is 2.59. The van der Waals surface area contributed by atoms with E-state index in [4.69, 9.17) is 11.6 Å². The number of hydrogen-bond acceptors (Lipinski definition) is 3. The summed E-state index contributed by atoms with van der Waals surface area (Å²) in [6.07, 6.45) is -4.77. The summed E-state index contributed by atoms with van der Waals surface area (Å²) in [6.45, 7) is 0.401. The highest BCUT2D eigenvalue weighted by Crippen LogP contribution is 2.22. The number of amides is 2. The van der Waals surface area contributed by atoms with Crippen LogP contribution in [0.25, 0.3) is 0 Å². The minimum atomic E-state index is -4.76. The van der Waals surface area contributed by atoms with Gasteiger partial charge in [-0.25, -0.2) is 0 Å². The number of rotatable bonds is 7. The van der Waals surface area contributed by atoms with Crippen LogP contribution in [0.4, 0.5) is 13.2 Å². The molecular weight excluding hydrogens is 385 g/mol. The van der Waals surface area contributed by atoms with Crippen LogP contribution in [0.15, 0.2) is 48.5 Å². The highest BCUT2D eigenvalue weighted by atomic mass is 35.5. The summed E-state index contributed by atoms with van der Waals surface area (Å²) in [5.41, 5.74) is 0.869. The van der Waals surface area contributed by atoms with Crippen LogP contribution in [0.1, 0.15) is 15.9 Å². The summed E-state index contributed by atoms with van der Waals surface area (Å²) < 4.78 is 40.0. The predicted octanol–water partition coefficient (Wildman–Crippen LogP) is 3.33. The van der Waals surface area contributed by atoms with Gasteiger partial charge in [0, 0.05) is 13.1 Å². The van der Waals surface area contributed by atoms with Crippen molar-refractivity contribution in [2.45, 2.75) is 12.8 Å². The molecule has 0 radical (unpaired) electrons. The van der Waals surface area contributed by atoms with Crippen LogP contribution in [0.5, 0.6) is 5.75 Å². The first kappa shape index (κ1) is 20.6. The fourth-order valence-electron chi connectivity index (χ4n) is 2.18. The van der Waals surface area contributed by atoms with Gasteiger partial charge in [-0.2, -0.15) is 0 Å². The van der Waals surface area contributed by atoms with E-state index in [1.807, 2.05) is 0 Å². The molecule has 27 heavy (non-hydrogen) atoms. The first-order valence-electron chi connectivity index (χ1n) is 7.89. The minimum Gasteiger partial charge on any atom is -0.406 e. The predicted molar refractivity (Wildman–Crippen MR) is 93.6 cm³/mol. The lowest BCUT2D eigenvalue weighted by Crippen LogP contribution is -2.35. The van der Waals surface area contributed by atoms with Crippen molar-refractivity contribution in [3.05, 3.63) is 64.7 Å². The lowest BCUT2D eigenvalue weighted by molar-refractivity contribution is -0.274. The van der Waals surface area contributed by atoms with Crippen LogP contribution in [-0.4, -0.2) is 31.3 Å². The second kappa shape index (κ2) is 9.27. The number of benzene rings is 2. The van der Waals surface area contributed by atoms with Crippen molar-refractivity contribution in [3.8, 4) is 5.75 Å². The van der Waals surface area contributed by atoms with E-state index in [1.54, 1.807) is 24.3 Å². The van der Waals surface area contributed by atoms with Crippen LogP contribution in [-0.2, 0) is 11.2 Å². The van der Waals surface area contributed by atoms with E-state index < -0.39 is 6.36 Å². The van der Waals surface area contributed by atoms with Gasteiger partial charge in [-0.1, -0.05) is 35.9 Å². The Morgan fingerprint density at radius 3 is 2.22 bits per heavy atom. The molecule has 5 nitrogen and oxygen atoms in total. The van der Waals surface area contributed by atoms with Gasteiger partial charge in [-0.05, 0) is 29.8 Å². The summed E-state index contributed by atoms with van der Waals surface area (Å²) >= 11 is 5.92. The fraction of sp³-hybridized carbons (Fsp3) is 0.222. The first-order valence-corrected chi connectivity index (χ1v) is 8.26. The van der Waals surface area contributed by atoms with Gasteiger partial charge in [0.25, 0.3) is 5.91 Å². The summed E-state index contributed by atoms with van der Waals surface area (Å²) in [6, 6.07) is 11.6. The van der Waals surface area contributed by atoms with Crippen LogP contribution >= 0.6 is 11.6 Å². The zero-order valence-electron chi connectivity index (χ0n) is 14.0. The summed E-state index contributed by atoms with van der Waals surface area (Å²) in [4.78, 5) is 23.8. The van der Waals surface area contributed by atoms with Gasteiger partial charge in [0.15, 0.2) is 0 Å². The van der Waals surface area contributed by atoms with Crippen molar-refractivity contribution in [2.24, 2.45) is 0 Å². The van der Waals surface area contributed by atoms with Crippen LogP contribution in [0.2, 0.25) is 5.02 Å². The van der Waals surface area contributed by atoms with Crippen molar-refractivity contribution < 1.29 is 27.5 Å². The van der Waals surface area contributed by atoms with E-state index in [-0.39, 0.29) is 37.1 Å². The van der Waals surface area contributed by atoms with Crippen molar-refractivity contribution in [2.75, 3.05) is 13.1 Å². The molecule has 0 unspecified atom stereocenters. The van der Waals surface area contributed by atoms with Gasteiger partial charge in [0.2, 0.25) is 5.91 Å². The largest absolute Gasteiger partial charge is 0.573 e. The summed E-state index contributed by atoms with van der Waals surface area (Å²) in [5.74, 6) is -1.03. The highest BCUT2D eigenvalue weighted by molar-refractivity contribution is 6.33. The number of halogens is 4.